The third-order valence-electron chi connectivity index (χ3n) is 1.98. The van der Waals surface area contributed by atoms with Crippen LogP contribution in [0.5, 0.6) is 0 Å². The van der Waals surface area contributed by atoms with E-state index in [0.29, 0.717) is 17.9 Å². The van der Waals surface area contributed by atoms with E-state index in [1.54, 1.807) is 0 Å². The molecule has 1 aromatic heterocycles. The van der Waals surface area contributed by atoms with Crippen molar-refractivity contribution in [3.63, 3.8) is 0 Å². The summed E-state index contributed by atoms with van der Waals surface area (Å²) in [4.78, 5) is 6.83. The van der Waals surface area contributed by atoms with Crippen molar-refractivity contribution in [2.45, 2.75) is 6.54 Å². The molecule has 0 bridgehead atoms. The Balaban J connectivity index is 2.44. The summed E-state index contributed by atoms with van der Waals surface area (Å²) in [5, 5.41) is 0. The molecule has 0 radical (unpaired) electrons. The van der Waals surface area contributed by atoms with Crippen molar-refractivity contribution in [3.05, 3.63) is 41.7 Å². The van der Waals surface area contributed by atoms with Gasteiger partial charge in [0.2, 0.25) is 0 Å². The molecule has 0 aliphatic carbocycles. The molecule has 0 aliphatic rings. The molecule has 0 unspecified atom stereocenters. The van der Waals surface area contributed by atoms with Gasteiger partial charge in [0.25, 0.3) is 0 Å². The summed E-state index contributed by atoms with van der Waals surface area (Å²) in [6, 6.07) is 3.24. The lowest BCUT2D eigenvalue weighted by molar-refractivity contribution is 0.584. The predicted octanol–water partition coefficient (Wildman–Crippen LogP) is 1.81. The maximum atomic E-state index is 12.9. The molecule has 1 aromatic carbocycles. The van der Waals surface area contributed by atoms with Gasteiger partial charge in [0.05, 0.1) is 0 Å². The van der Waals surface area contributed by atoms with Crippen LogP contribution in [0.3, 0.4) is 0 Å². The monoisotopic (exact) mass is 209 g/mol. The number of halogens is 2. The van der Waals surface area contributed by atoms with Crippen LogP contribution >= 0.6 is 0 Å². The Labute approximate surface area is 85.0 Å². The van der Waals surface area contributed by atoms with Crippen molar-refractivity contribution in [2.24, 2.45) is 5.73 Å². The first-order chi connectivity index (χ1) is 7.19. The van der Waals surface area contributed by atoms with Crippen molar-refractivity contribution in [1.29, 1.82) is 0 Å². The molecular formula is C10H9F2N3. The number of hydrogen-bond acceptors (Lipinski definition) is 2. The number of nitrogens with two attached hydrogens (primary N) is 1. The van der Waals surface area contributed by atoms with Crippen molar-refractivity contribution in [2.75, 3.05) is 0 Å². The minimum atomic E-state index is -0.629. The molecule has 2 aromatic rings. The summed E-state index contributed by atoms with van der Waals surface area (Å²) in [7, 11) is 0. The molecule has 3 N–H and O–H groups in total. The zero-order valence-corrected chi connectivity index (χ0v) is 7.80. The summed E-state index contributed by atoms with van der Waals surface area (Å²) in [5.74, 6) is -0.847. The molecule has 0 saturated carbocycles. The molecule has 2 rings (SSSR count). The Morgan fingerprint density at radius 1 is 1.20 bits per heavy atom. The van der Waals surface area contributed by atoms with Crippen LogP contribution in [0.1, 0.15) is 5.69 Å². The van der Waals surface area contributed by atoms with E-state index < -0.39 is 11.6 Å². The fourth-order valence-electron chi connectivity index (χ4n) is 1.30. The number of benzene rings is 1. The fourth-order valence-corrected chi connectivity index (χ4v) is 1.30. The summed E-state index contributed by atoms with van der Waals surface area (Å²) in [6.07, 6.45) is 1.54. The molecule has 0 atom stereocenters. The number of imidazole rings is 1. The van der Waals surface area contributed by atoms with Gasteiger partial charge in [-0.05, 0) is 12.1 Å². The maximum Gasteiger partial charge on any atom is 0.137 e. The highest BCUT2D eigenvalue weighted by atomic mass is 19.1. The Morgan fingerprint density at radius 2 is 1.87 bits per heavy atom. The van der Waals surface area contributed by atoms with Gasteiger partial charge in [-0.25, -0.2) is 13.8 Å². The quantitative estimate of drug-likeness (QED) is 0.792. The molecule has 0 fully saturated rings. The molecule has 0 amide bonds. The summed E-state index contributed by atoms with van der Waals surface area (Å²) >= 11 is 0. The van der Waals surface area contributed by atoms with Gasteiger partial charge in [-0.1, -0.05) is 0 Å². The number of nitrogens with zero attached hydrogens (tertiary/aromatic N) is 1. The zero-order chi connectivity index (χ0) is 10.8. The molecule has 78 valence electrons. The number of hydrogen-bond donors (Lipinski definition) is 2. The van der Waals surface area contributed by atoms with E-state index in [1.165, 1.54) is 18.3 Å². The van der Waals surface area contributed by atoms with Crippen LogP contribution in [-0.4, -0.2) is 9.97 Å². The summed E-state index contributed by atoms with van der Waals surface area (Å²) < 4.78 is 25.8. The standard InChI is InChI=1S/C10H9F2N3/c11-7-1-6(2-8(12)3-7)10-14-5-9(4-13)15-10/h1-3,5H,4,13H2,(H,14,15). The second-order valence-electron chi connectivity index (χ2n) is 3.12. The largest absolute Gasteiger partial charge is 0.341 e. The summed E-state index contributed by atoms with van der Waals surface area (Å²) in [6.45, 7) is 0.310. The van der Waals surface area contributed by atoms with E-state index in [4.69, 9.17) is 5.73 Å². The highest BCUT2D eigenvalue weighted by Gasteiger charge is 2.06. The number of aromatic nitrogens is 2. The first-order valence-electron chi connectivity index (χ1n) is 4.39. The number of rotatable bonds is 2. The SMILES string of the molecule is NCc1cnc(-c2cc(F)cc(F)c2)[nH]1. The molecule has 5 heteroatoms. The topological polar surface area (TPSA) is 54.7 Å². The van der Waals surface area contributed by atoms with E-state index in [0.717, 1.165) is 11.8 Å². The minimum Gasteiger partial charge on any atom is -0.341 e. The number of aromatic amines is 1. The van der Waals surface area contributed by atoms with Crippen LogP contribution in [0, 0.1) is 11.6 Å². The van der Waals surface area contributed by atoms with Gasteiger partial charge >= 0.3 is 0 Å². The van der Waals surface area contributed by atoms with Crippen molar-refractivity contribution in [3.8, 4) is 11.4 Å². The van der Waals surface area contributed by atoms with E-state index in [9.17, 15) is 8.78 Å². The second-order valence-corrected chi connectivity index (χ2v) is 3.12. The van der Waals surface area contributed by atoms with Crippen LogP contribution in [0.15, 0.2) is 24.4 Å². The van der Waals surface area contributed by atoms with Gasteiger partial charge in [0.1, 0.15) is 17.5 Å². The third-order valence-corrected chi connectivity index (χ3v) is 1.98. The zero-order valence-electron chi connectivity index (χ0n) is 7.80. The van der Waals surface area contributed by atoms with Crippen molar-refractivity contribution in [1.82, 2.24) is 9.97 Å². The predicted molar refractivity (Wildman–Crippen MR) is 51.8 cm³/mol. The molecule has 3 nitrogen and oxygen atoms in total. The Bertz CT molecular complexity index is 459. The maximum absolute atomic E-state index is 12.9. The van der Waals surface area contributed by atoms with E-state index in [2.05, 4.69) is 9.97 Å². The van der Waals surface area contributed by atoms with Gasteiger partial charge in [-0.3, -0.25) is 0 Å². The molecule has 15 heavy (non-hydrogen) atoms. The normalized spacial score (nSPS) is 10.6. The number of nitrogens with one attached hydrogen (secondary N) is 1. The second kappa shape index (κ2) is 3.78. The Hall–Kier alpha value is -1.75. The van der Waals surface area contributed by atoms with Crippen LogP contribution in [-0.2, 0) is 6.54 Å². The van der Waals surface area contributed by atoms with Gasteiger partial charge in [0.15, 0.2) is 0 Å². The lowest BCUT2D eigenvalue weighted by Crippen LogP contribution is -1.95. The first-order valence-corrected chi connectivity index (χ1v) is 4.39. The summed E-state index contributed by atoms with van der Waals surface area (Å²) in [5.41, 5.74) is 6.47. The fraction of sp³-hybridized carbons (Fsp3) is 0.100. The highest BCUT2D eigenvalue weighted by molar-refractivity contribution is 5.55. The van der Waals surface area contributed by atoms with E-state index >= 15 is 0 Å². The first kappa shape index (κ1) is 9.79. The van der Waals surface area contributed by atoms with Gasteiger partial charge in [-0.2, -0.15) is 0 Å². The average Bonchev–Trinajstić information content (AvgIpc) is 2.64. The van der Waals surface area contributed by atoms with Gasteiger partial charge < -0.3 is 10.7 Å². The van der Waals surface area contributed by atoms with Crippen LogP contribution in [0.4, 0.5) is 8.78 Å². The van der Waals surface area contributed by atoms with E-state index in [1.807, 2.05) is 0 Å². The molecule has 0 spiro atoms. The smallest absolute Gasteiger partial charge is 0.137 e. The van der Waals surface area contributed by atoms with Gasteiger partial charge in [-0.15, -0.1) is 0 Å². The van der Waals surface area contributed by atoms with Crippen molar-refractivity contribution >= 4 is 0 Å². The van der Waals surface area contributed by atoms with Crippen LogP contribution in [0.2, 0.25) is 0 Å². The molecule has 1 heterocycles. The molecular weight excluding hydrogens is 200 g/mol. The Morgan fingerprint density at radius 3 is 2.40 bits per heavy atom. The Kier molecular flexibility index (Phi) is 2.47. The van der Waals surface area contributed by atoms with E-state index in [-0.39, 0.29) is 0 Å². The third kappa shape index (κ3) is 2.02. The minimum absolute atomic E-state index is 0.310. The molecule has 0 saturated heterocycles. The lowest BCUT2D eigenvalue weighted by Gasteiger charge is -1.97. The lowest BCUT2D eigenvalue weighted by atomic mass is 10.2. The van der Waals surface area contributed by atoms with Crippen LogP contribution in [0.25, 0.3) is 11.4 Å². The molecule has 0 aliphatic heterocycles. The van der Waals surface area contributed by atoms with Gasteiger partial charge in [0, 0.05) is 30.1 Å². The van der Waals surface area contributed by atoms with Crippen molar-refractivity contribution < 1.29 is 8.78 Å². The van der Waals surface area contributed by atoms with Crippen LogP contribution < -0.4 is 5.73 Å². The number of H-pyrrole nitrogens is 1. The highest BCUT2D eigenvalue weighted by Crippen LogP contribution is 2.18. The average molecular weight is 209 g/mol.